The van der Waals surface area contributed by atoms with Crippen molar-refractivity contribution in [2.75, 3.05) is 0 Å². The number of carboxylic acid groups (broad SMARTS) is 1. The number of hydrogen-bond acceptors (Lipinski definition) is 3. The first kappa shape index (κ1) is 19.4. The van der Waals surface area contributed by atoms with Gasteiger partial charge in [0, 0.05) is 0 Å². The third-order valence-corrected chi connectivity index (χ3v) is 9.01. The third kappa shape index (κ3) is 2.98. The van der Waals surface area contributed by atoms with Gasteiger partial charge in [-0.15, -0.1) is 0 Å². The van der Waals surface area contributed by atoms with Crippen molar-refractivity contribution in [2.24, 2.45) is 28.6 Å². The molecule has 0 aromatic rings. The molecule has 3 fully saturated rings. The number of allylic oxidation sites excluding steroid dienone is 1. The molecule has 27 heavy (non-hydrogen) atoms. The smallest absolute Gasteiger partial charge is 0.332 e. The Morgan fingerprint density at radius 1 is 1.19 bits per heavy atom. The van der Waals surface area contributed by atoms with Crippen LogP contribution in [0, 0.1) is 28.6 Å². The monoisotopic (exact) mass is 376 g/mol. The number of carboxylic acids is 1. The average molecular weight is 377 g/mol. The van der Waals surface area contributed by atoms with Crippen LogP contribution in [0.4, 0.5) is 0 Å². The van der Waals surface area contributed by atoms with Gasteiger partial charge in [0.2, 0.25) is 0 Å². The number of rotatable bonds is 4. The molecule has 4 heteroatoms. The molecule has 0 aliphatic heterocycles. The summed E-state index contributed by atoms with van der Waals surface area (Å²) in [4.78, 5) is 11.3. The molecule has 8 atom stereocenters. The average Bonchev–Trinajstić information content (AvgIpc) is 2.94. The van der Waals surface area contributed by atoms with Crippen molar-refractivity contribution in [3.05, 3.63) is 11.6 Å². The number of aliphatic carboxylic acids is 1. The van der Waals surface area contributed by atoms with Gasteiger partial charge in [0.05, 0.1) is 12.2 Å². The molecular formula is C23H36O4. The van der Waals surface area contributed by atoms with E-state index in [0.29, 0.717) is 18.3 Å². The Hall–Kier alpha value is -0.870. The van der Waals surface area contributed by atoms with Gasteiger partial charge in [-0.2, -0.15) is 0 Å². The highest BCUT2D eigenvalue weighted by atomic mass is 16.5. The van der Waals surface area contributed by atoms with Crippen LogP contribution in [0.2, 0.25) is 0 Å². The highest BCUT2D eigenvalue weighted by molar-refractivity contribution is 5.72. The zero-order valence-electron chi connectivity index (χ0n) is 17.1. The molecule has 4 rings (SSSR count). The Kier molecular flexibility index (Phi) is 4.95. The second-order valence-electron chi connectivity index (χ2n) is 10.1. The van der Waals surface area contributed by atoms with Crippen molar-refractivity contribution in [1.29, 1.82) is 0 Å². The topological polar surface area (TPSA) is 66.8 Å². The molecule has 0 amide bonds. The lowest BCUT2D eigenvalue weighted by molar-refractivity contribution is -0.154. The molecule has 0 aromatic heterocycles. The van der Waals surface area contributed by atoms with Crippen LogP contribution in [0.1, 0.15) is 78.6 Å². The van der Waals surface area contributed by atoms with Crippen LogP contribution in [-0.4, -0.2) is 34.5 Å². The molecular weight excluding hydrogens is 340 g/mol. The minimum Gasteiger partial charge on any atom is -0.479 e. The van der Waals surface area contributed by atoms with Gasteiger partial charge in [0.25, 0.3) is 0 Å². The number of hydrogen-bond donors (Lipinski definition) is 2. The van der Waals surface area contributed by atoms with Gasteiger partial charge in [0.1, 0.15) is 0 Å². The van der Waals surface area contributed by atoms with Crippen molar-refractivity contribution in [3.63, 3.8) is 0 Å². The minimum atomic E-state index is -0.848. The molecule has 2 N–H and O–H groups in total. The Bertz CT molecular complexity index is 628. The summed E-state index contributed by atoms with van der Waals surface area (Å²) in [6.07, 6.45) is 10.9. The van der Waals surface area contributed by atoms with E-state index in [9.17, 15) is 15.0 Å². The SMILES string of the molecule is CCC(O[C@H]1C=C2CCC3C(CCC4(C)C(O)CCC34)C2(C)CC1)C(=O)O. The molecule has 0 bridgehead atoms. The first-order chi connectivity index (χ1) is 12.8. The number of carbonyl (C=O) groups is 1. The van der Waals surface area contributed by atoms with Crippen molar-refractivity contribution < 1.29 is 19.7 Å². The van der Waals surface area contributed by atoms with E-state index >= 15 is 0 Å². The Morgan fingerprint density at radius 2 is 1.96 bits per heavy atom. The molecule has 7 unspecified atom stereocenters. The summed E-state index contributed by atoms with van der Waals surface area (Å²) in [5.74, 6) is 1.28. The molecule has 3 saturated carbocycles. The van der Waals surface area contributed by atoms with Crippen LogP contribution in [0.3, 0.4) is 0 Å². The lowest BCUT2D eigenvalue weighted by Crippen LogP contribution is -2.51. The maximum Gasteiger partial charge on any atom is 0.332 e. The summed E-state index contributed by atoms with van der Waals surface area (Å²) >= 11 is 0. The fourth-order valence-electron chi connectivity index (χ4n) is 7.32. The van der Waals surface area contributed by atoms with E-state index in [4.69, 9.17) is 4.74 Å². The number of aliphatic hydroxyl groups is 1. The molecule has 0 spiro atoms. The molecule has 4 aliphatic rings. The second kappa shape index (κ2) is 6.88. The molecule has 0 heterocycles. The predicted molar refractivity (Wildman–Crippen MR) is 104 cm³/mol. The molecule has 0 radical (unpaired) electrons. The van der Waals surface area contributed by atoms with Crippen molar-refractivity contribution in [1.82, 2.24) is 0 Å². The van der Waals surface area contributed by atoms with Crippen molar-refractivity contribution >= 4 is 5.97 Å². The molecule has 4 nitrogen and oxygen atoms in total. The third-order valence-electron chi connectivity index (χ3n) is 9.01. The van der Waals surface area contributed by atoms with Crippen molar-refractivity contribution in [2.45, 2.75) is 96.9 Å². The van der Waals surface area contributed by atoms with Gasteiger partial charge in [0.15, 0.2) is 6.10 Å². The lowest BCUT2D eigenvalue weighted by atomic mass is 9.47. The molecule has 0 aromatic carbocycles. The van der Waals surface area contributed by atoms with Crippen molar-refractivity contribution in [3.8, 4) is 0 Å². The van der Waals surface area contributed by atoms with Gasteiger partial charge >= 0.3 is 5.97 Å². The summed E-state index contributed by atoms with van der Waals surface area (Å²) in [5.41, 5.74) is 1.89. The quantitative estimate of drug-likeness (QED) is 0.706. The summed E-state index contributed by atoms with van der Waals surface area (Å²) in [5, 5.41) is 19.9. The van der Waals surface area contributed by atoms with Crippen LogP contribution in [0.5, 0.6) is 0 Å². The summed E-state index contributed by atoms with van der Waals surface area (Å²) in [6, 6.07) is 0. The maximum atomic E-state index is 11.3. The van der Waals surface area contributed by atoms with E-state index in [1.54, 1.807) is 0 Å². The van der Waals surface area contributed by atoms with Gasteiger partial charge in [-0.25, -0.2) is 4.79 Å². The number of aliphatic hydroxyl groups excluding tert-OH is 1. The Labute approximate surface area is 163 Å². The van der Waals surface area contributed by atoms with E-state index in [2.05, 4.69) is 19.9 Å². The van der Waals surface area contributed by atoms with Crippen LogP contribution in [0.15, 0.2) is 11.6 Å². The van der Waals surface area contributed by atoms with Gasteiger partial charge in [-0.3, -0.25) is 0 Å². The normalized spacial score (nSPS) is 47.4. The molecule has 4 aliphatic carbocycles. The number of fused-ring (bicyclic) bond motifs is 5. The van der Waals surface area contributed by atoms with Crippen LogP contribution < -0.4 is 0 Å². The van der Waals surface area contributed by atoms with E-state index in [1.807, 2.05) is 6.92 Å². The predicted octanol–water partition coefficient (Wildman–Crippen LogP) is 4.56. The van der Waals surface area contributed by atoms with Crippen LogP contribution >= 0.6 is 0 Å². The summed E-state index contributed by atoms with van der Waals surface area (Å²) < 4.78 is 5.92. The van der Waals surface area contributed by atoms with E-state index in [1.165, 1.54) is 24.8 Å². The largest absolute Gasteiger partial charge is 0.479 e. The highest BCUT2D eigenvalue weighted by Gasteiger charge is 2.58. The lowest BCUT2D eigenvalue weighted by Gasteiger charge is -2.58. The highest BCUT2D eigenvalue weighted by Crippen LogP contribution is 2.65. The van der Waals surface area contributed by atoms with Gasteiger partial charge in [-0.05, 0) is 86.4 Å². The Balaban J connectivity index is 1.54. The van der Waals surface area contributed by atoms with Gasteiger partial charge < -0.3 is 14.9 Å². The van der Waals surface area contributed by atoms with Crippen LogP contribution in [0.25, 0.3) is 0 Å². The summed E-state index contributed by atoms with van der Waals surface area (Å²) in [7, 11) is 0. The molecule has 0 saturated heterocycles. The van der Waals surface area contributed by atoms with Crippen LogP contribution in [-0.2, 0) is 9.53 Å². The summed E-state index contributed by atoms with van der Waals surface area (Å²) in [6.45, 7) is 6.66. The number of ether oxygens (including phenoxy) is 1. The fraction of sp³-hybridized carbons (Fsp3) is 0.870. The Morgan fingerprint density at radius 3 is 2.67 bits per heavy atom. The zero-order chi connectivity index (χ0) is 19.4. The standard InChI is InChI=1S/C23H36O4/c1-4-19(21(25)26)27-15-9-11-22(2)14(13-15)5-6-16-17-7-8-20(24)23(17,3)12-10-18(16)22/h13,15-20,24H,4-12H2,1-3H3,(H,25,26)/t15-,16?,17?,18?,19?,20?,22?,23?/m1/s1. The minimum absolute atomic E-state index is 0.0483. The molecule has 152 valence electrons. The van der Waals surface area contributed by atoms with E-state index in [-0.39, 0.29) is 23.0 Å². The van der Waals surface area contributed by atoms with E-state index < -0.39 is 12.1 Å². The second-order valence-corrected chi connectivity index (χ2v) is 10.1. The maximum absolute atomic E-state index is 11.3. The first-order valence-electron chi connectivity index (χ1n) is 11.1. The van der Waals surface area contributed by atoms with E-state index in [0.717, 1.165) is 38.0 Å². The first-order valence-corrected chi connectivity index (χ1v) is 11.1. The van der Waals surface area contributed by atoms with Gasteiger partial charge in [-0.1, -0.05) is 32.4 Å². The zero-order valence-corrected chi connectivity index (χ0v) is 17.1. The fourth-order valence-corrected chi connectivity index (χ4v) is 7.32.